The summed E-state index contributed by atoms with van der Waals surface area (Å²) in [6.07, 6.45) is 0.736. The molecule has 1 aromatic rings. The van der Waals surface area contributed by atoms with Gasteiger partial charge in [-0.2, -0.15) is 0 Å². The van der Waals surface area contributed by atoms with E-state index in [0.29, 0.717) is 29.5 Å². The van der Waals surface area contributed by atoms with E-state index in [1.807, 2.05) is 0 Å². The van der Waals surface area contributed by atoms with Crippen LogP contribution >= 0.6 is 0 Å². The van der Waals surface area contributed by atoms with E-state index < -0.39 is 11.6 Å². The Morgan fingerprint density at radius 2 is 1.80 bits per heavy atom. The maximum absolute atomic E-state index is 10.5. The van der Waals surface area contributed by atoms with Crippen molar-refractivity contribution in [2.24, 2.45) is 0 Å². The first-order valence-electron chi connectivity index (χ1n) is 6.59. The Balaban J connectivity index is 2.77. The zero-order valence-electron chi connectivity index (χ0n) is 12.1. The van der Waals surface area contributed by atoms with Gasteiger partial charge in [-0.05, 0) is 62.8 Å². The monoisotopic (exact) mass is 282 g/mol. The third kappa shape index (κ3) is 4.13. The van der Waals surface area contributed by atoms with Crippen molar-refractivity contribution < 1.29 is 25.2 Å². The molecule has 20 heavy (non-hydrogen) atoms. The Bertz CT molecular complexity index is 505. The SMILES string of the molecule is Cc1c(O)cc(CC[C@](C)(O)CCC(=O)O)c(O)c1C. The van der Waals surface area contributed by atoms with E-state index in [0.717, 1.165) is 0 Å². The van der Waals surface area contributed by atoms with Gasteiger partial charge in [-0.15, -0.1) is 0 Å². The molecule has 0 aliphatic carbocycles. The highest BCUT2D eigenvalue weighted by Gasteiger charge is 2.22. The van der Waals surface area contributed by atoms with Crippen molar-refractivity contribution >= 4 is 5.97 Å². The van der Waals surface area contributed by atoms with Crippen molar-refractivity contribution in [2.45, 2.75) is 52.1 Å². The summed E-state index contributed by atoms with van der Waals surface area (Å²) in [5.74, 6) is -0.716. The van der Waals surface area contributed by atoms with E-state index in [2.05, 4.69) is 0 Å². The number of benzene rings is 1. The minimum Gasteiger partial charge on any atom is -0.508 e. The van der Waals surface area contributed by atoms with Crippen molar-refractivity contribution in [3.8, 4) is 11.5 Å². The third-order valence-corrected chi connectivity index (χ3v) is 3.73. The zero-order chi connectivity index (χ0) is 15.5. The Hall–Kier alpha value is -1.75. The Kier molecular flexibility index (Phi) is 5.00. The maximum Gasteiger partial charge on any atom is 0.303 e. The number of aliphatic carboxylic acids is 1. The number of rotatable bonds is 6. The topological polar surface area (TPSA) is 98.0 Å². The number of carboxylic acids is 1. The Labute approximate surface area is 118 Å². The second-order valence-corrected chi connectivity index (χ2v) is 5.54. The quantitative estimate of drug-likeness (QED) is 0.600. The van der Waals surface area contributed by atoms with Gasteiger partial charge in [0.15, 0.2) is 0 Å². The average molecular weight is 282 g/mol. The molecule has 0 saturated carbocycles. The molecule has 4 N–H and O–H groups in total. The van der Waals surface area contributed by atoms with Gasteiger partial charge in [-0.25, -0.2) is 0 Å². The van der Waals surface area contributed by atoms with Crippen LogP contribution in [-0.2, 0) is 11.2 Å². The van der Waals surface area contributed by atoms with E-state index >= 15 is 0 Å². The second kappa shape index (κ2) is 6.13. The number of phenols is 2. The molecule has 0 aromatic heterocycles. The number of carboxylic acid groups (broad SMARTS) is 1. The lowest BCUT2D eigenvalue weighted by atomic mass is 9.91. The molecule has 5 heteroatoms. The van der Waals surface area contributed by atoms with Crippen LogP contribution in [0.2, 0.25) is 0 Å². The molecule has 112 valence electrons. The van der Waals surface area contributed by atoms with Crippen molar-refractivity contribution in [1.29, 1.82) is 0 Å². The molecule has 0 aliphatic rings. The van der Waals surface area contributed by atoms with Gasteiger partial charge in [-0.1, -0.05) is 0 Å². The maximum atomic E-state index is 10.5. The highest BCUT2D eigenvalue weighted by Crippen LogP contribution is 2.33. The van der Waals surface area contributed by atoms with Crippen LogP contribution in [0.25, 0.3) is 0 Å². The van der Waals surface area contributed by atoms with Gasteiger partial charge in [-0.3, -0.25) is 4.79 Å². The number of hydrogen-bond acceptors (Lipinski definition) is 4. The van der Waals surface area contributed by atoms with E-state index in [1.54, 1.807) is 20.8 Å². The summed E-state index contributed by atoms with van der Waals surface area (Å²) in [6.45, 7) is 5.02. The van der Waals surface area contributed by atoms with Crippen molar-refractivity contribution in [2.75, 3.05) is 0 Å². The highest BCUT2D eigenvalue weighted by molar-refractivity contribution is 5.66. The molecular weight excluding hydrogens is 260 g/mol. The molecule has 0 radical (unpaired) electrons. The van der Waals surface area contributed by atoms with Crippen LogP contribution in [0.4, 0.5) is 0 Å². The van der Waals surface area contributed by atoms with Gasteiger partial charge in [0.2, 0.25) is 0 Å². The number of aliphatic hydroxyl groups is 1. The molecular formula is C15H22O5. The van der Waals surface area contributed by atoms with E-state index in [4.69, 9.17) is 5.11 Å². The van der Waals surface area contributed by atoms with Gasteiger partial charge in [0.05, 0.1) is 5.60 Å². The number of aromatic hydroxyl groups is 2. The minimum absolute atomic E-state index is 0.100. The molecule has 1 aromatic carbocycles. The fourth-order valence-electron chi connectivity index (χ4n) is 2.05. The van der Waals surface area contributed by atoms with Crippen LogP contribution < -0.4 is 0 Å². The van der Waals surface area contributed by atoms with Crippen LogP contribution in [0, 0.1) is 13.8 Å². The molecule has 1 rings (SSSR count). The van der Waals surface area contributed by atoms with E-state index in [1.165, 1.54) is 6.07 Å². The molecule has 0 fully saturated rings. The largest absolute Gasteiger partial charge is 0.508 e. The van der Waals surface area contributed by atoms with Crippen molar-refractivity contribution in [3.05, 3.63) is 22.8 Å². The lowest BCUT2D eigenvalue weighted by Crippen LogP contribution is -2.26. The second-order valence-electron chi connectivity index (χ2n) is 5.54. The van der Waals surface area contributed by atoms with Crippen LogP contribution in [0.15, 0.2) is 6.07 Å². The highest BCUT2D eigenvalue weighted by atomic mass is 16.4. The molecule has 0 amide bonds. The first-order valence-corrected chi connectivity index (χ1v) is 6.59. The molecule has 0 spiro atoms. The zero-order valence-corrected chi connectivity index (χ0v) is 12.1. The molecule has 5 nitrogen and oxygen atoms in total. The van der Waals surface area contributed by atoms with Crippen LogP contribution in [-0.4, -0.2) is 32.0 Å². The van der Waals surface area contributed by atoms with Crippen LogP contribution in [0.3, 0.4) is 0 Å². The summed E-state index contributed by atoms with van der Waals surface area (Å²) in [5, 5.41) is 38.5. The number of hydrogen-bond donors (Lipinski definition) is 4. The fraction of sp³-hybridized carbons (Fsp3) is 0.533. The lowest BCUT2D eigenvalue weighted by molar-refractivity contribution is -0.138. The summed E-state index contributed by atoms with van der Waals surface area (Å²) in [4.78, 5) is 10.5. The standard InChI is InChI=1S/C15H22O5/c1-9-10(2)14(19)11(8-12(9)16)4-6-15(3,20)7-5-13(17)18/h8,16,19-20H,4-7H2,1-3H3,(H,17,18)/t15-/m0/s1. The number of carbonyl (C=O) groups is 1. The summed E-state index contributed by atoms with van der Waals surface area (Å²) in [5.41, 5.74) is 0.689. The summed E-state index contributed by atoms with van der Waals surface area (Å²) in [6, 6.07) is 1.49. The molecule has 0 saturated heterocycles. The summed E-state index contributed by atoms with van der Waals surface area (Å²) < 4.78 is 0. The Morgan fingerprint density at radius 1 is 1.20 bits per heavy atom. The molecule has 1 atom stereocenters. The van der Waals surface area contributed by atoms with Gasteiger partial charge in [0.25, 0.3) is 0 Å². The Morgan fingerprint density at radius 3 is 2.35 bits per heavy atom. The van der Waals surface area contributed by atoms with Crippen molar-refractivity contribution in [1.82, 2.24) is 0 Å². The normalized spacial score (nSPS) is 14.0. The summed E-state index contributed by atoms with van der Waals surface area (Å²) in [7, 11) is 0. The number of aryl methyl sites for hydroxylation is 1. The minimum atomic E-state index is -1.11. The van der Waals surface area contributed by atoms with Gasteiger partial charge in [0.1, 0.15) is 11.5 Å². The van der Waals surface area contributed by atoms with Gasteiger partial charge >= 0.3 is 5.97 Å². The van der Waals surface area contributed by atoms with E-state index in [-0.39, 0.29) is 24.3 Å². The number of phenolic OH excluding ortho intramolecular Hbond substituents is 2. The van der Waals surface area contributed by atoms with Gasteiger partial charge < -0.3 is 20.4 Å². The molecule has 0 heterocycles. The van der Waals surface area contributed by atoms with Gasteiger partial charge in [0, 0.05) is 6.42 Å². The first-order chi connectivity index (χ1) is 9.14. The first kappa shape index (κ1) is 16.3. The lowest BCUT2D eigenvalue weighted by Gasteiger charge is -2.23. The fourth-order valence-corrected chi connectivity index (χ4v) is 2.05. The molecule has 0 unspecified atom stereocenters. The predicted molar refractivity (Wildman–Crippen MR) is 75.1 cm³/mol. The molecule has 0 aliphatic heterocycles. The average Bonchev–Trinajstić information content (AvgIpc) is 2.37. The van der Waals surface area contributed by atoms with E-state index in [9.17, 15) is 20.1 Å². The van der Waals surface area contributed by atoms with Crippen LogP contribution in [0.1, 0.15) is 42.9 Å². The summed E-state index contributed by atoms with van der Waals surface area (Å²) >= 11 is 0. The predicted octanol–water partition coefficient (Wildman–Crippen LogP) is 2.26. The third-order valence-electron chi connectivity index (χ3n) is 3.73. The van der Waals surface area contributed by atoms with Crippen molar-refractivity contribution in [3.63, 3.8) is 0 Å². The van der Waals surface area contributed by atoms with Crippen LogP contribution in [0.5, 0.6) is 11.5 Å². The smallest absolute Gasteiger partial charge is 0.303 e. The molecule has 0 bridgehead atoms.